The first kappa shape index (κ1) is 15.4. The molecule has 2 amide bonds. The molecule has 0 spiro atoms. The van der Waals surface area contributed by atoms with Gasteiger partial charge >= 0.3 is 0 Å². The lowest BCUT2D eigenvalue weighted by atomic mass is 9.96. The summed E-state index contributed by atoms with van der Waals surface area (Å²) >= 11 is 3.37. The summed E-state index contributed by atoms with van der Waals surface area (Å²) in [6.07, 6.45) is 1.91. The van der Waals surface area contributed by atoms with Crippen LogP contribution < -0.4 is 10.2 Å². The van der Waals surface area contributed by atoms with Crippen molar-refractivity contribution in [2.45, 2.75) is 25.7 Å². The second kappa shape index (κ2) is 5.74. The highest BCUT2D eigenvalue weighted by atomic mass is 79.9. The van der Waals surface area contributed by atoms with Gasteiger partial charge in [0.25, 0.3) is 5.91 Å². The number of carbonyl (C=O) groups is 2. The van der Waals surface area contributed by atoms with Crippen LogP contribution in [0.3, 0.4) is 0 Å². The van der Waals surface area contributed by atoms with Crippen LogP contribution in [-0.4, -0.2) is 18.4 Å². The molecule has 0 radical (unpaired) electrons. The Balaban J connectivity index is 1.67. The van der Waals surface area contributed by atoms with Crippen molar-refractivity contribution in [2.24, 2.45) is 0 Å². The lowest BCUT2D eigenvalue weighted by Crippen LogP contribution is -2.32. The van der Waals surface area contributed by atoms with Crippen LogP contribution in [0.1, 0.15) is 40.7 Å². The van der Waals surface area contributed by atoms with Crippen molar-refractivity contribution in [1.29, 1.82) is 0 Å². The molecule has 0 fully saturated rings. The highest BCUT2D eigenvalue weighted by Crippen LogP contribution is 2.44. The minimum absolute atomic E-state index is 0.138. The molecule has 0 bridgehead atoms. The second-order valence-electron chi connectivity index (χ2n) is 6.35. The van der Waals surface area contributed by atoms with E-state index >= 15 is 0 Å². The lowest BCUT2D eigenvalue weighted by molar-refractivity contribution is -0.119. The van der Waals surface area contributed by atoms with Gasteiger partial charge in [-0.2, -0.15) is 0 Å². The fraction of sp³-hybridized carbons (Fsp3) is 0.263. The number of hydrogen-bond acceptors (Lipinski definition) is 2. The number of nitrogens with one attached hydrogen (secondary N) is 1. The molecule has 1 N–H and O–H groups in total. The SMILES string of the molecule is C[C@@H]1C(=O)N2CCCc3cc(NC(=O)c4ccc(Br)cc4)cc1c32. The number of carbonyl (C=O) groups excluding carboxylic acids is 2. The fourth-order valence-electron chi connectivity index (χ4n) is 3.57. The summed E-state index contributed by atoms with van der Waals surface area (Å²) in [5.41, 5.74) is 4.63. The van der Waals surface area contributed by atoms with Crippen LogP contribution in [0.15, 0.2) is 40.9 Å². The molecule has 2 heterocycles. The fourth-order valence-corrected chi connectivity index (χ4v) is 3.84. The zero-order valence-electron chi connectivity index (χ0n) is 13.3. The van der Waals surface area contributed by atoms with E-state index in [9.17, 15) is 9.59 Å². The molecule has 24 heavy (non-hydrogen) atoms. The molecule has 1 atom stereocenters. The number of rotatable bonds is 2. The number of hydrogen-bond donors (Lipinski definition) is 1. The minimum atomic E-state index is -0.140. The molecular formula is C19H17BrN2O2. The quantitative estimate of drug-likeness (QED) is 0.847. The van der Waals surface area contributed by atoms with E-state index < -0.39 is 0 Å². The predicted octanol–water partition coefficient (Wildman–Crippen LogP) is 4.10. The van der Waals surface area contributed by atoms with E-state index in [0.717, 1.165) is 46.4 Å². The van der Waals surface area contributed by atoms with Gasteiger partial charge in [-0.1, -0.05) is 15.9 Å². The summed E-state index contributed by atoms with van der Waals surface area (Å²) in [6, 6.07) is 11.2. The van der Waals surface area contributed by atoms with Gasteiger partial charge in [0, 0.05) is 22.3 Å². The molecule has 2 aliphatic heterocycles. The Bertz CT molecular complexity index is 845. The summed E-state index contributed by atoms with van der Waals surface area (Å²) in [5.74, 6) is -0.108. The summed E-state index contributed by atoms with van der Waals surface area (Å²) in [5, 5.41) is 2.97. The van der Waals surface area contributed by atoms with E-state index in [4.69, 9.17) is 0 Å². The monoisotopic (exact) mass is 384 g/mol. The zero-order chi connectivity index (χ0) is 16.8. The van der Waals surface area contributed by atoms with Crippen molar-refractivity contribution in [3.05, 3.63) is 57.6 Å². The number of halogens is 1. The van der Waals surface area contributed by atoms with Gasteiger partial charge in [-0.25, -0.2) is 0 Å². The molecule has 0 aliphatic carbocycles. The third-order valence-electron chi connectivity index (χ3n) is 4.78. The highest BCUT2D eigenvalue weighted by molar-refractivity contribution is 9.10. The maximum atomic E-state index is 12.4. The van der Waals surface area contributed by atoms with Crippen LogP contribution in [0, 0.1) is 0 Å². The van der Waals surface area contributed by atoms with E-state index in [1.54, 1.807) is 12.1 Å². The molecule has 2 aromatic carbocycles. The molecule has 0 saturated heterocycles. The third kappa shape index (κ3) is 2.44. The van der Waals surface area contributed by atoms with Crippen LogP contribution >= 0.6 is 15.9 Å². The number of anilines is 2. The molecule has 4 nitrogen and oxygen atoms in total. The molecular weight excluding hydrogens is 368 g/mol. The Kier molecular flexibility index (Phi) is 3.68. The normalized spacial score (nSPS) is 18.5. The first-order chi connectivity index (χ1) is 11.5. The van der Waals surface area contributed by atoms with Crippen LogP contribution in [-0.2, 0) is 11.2 Å². The van der Waals surface area contributed by atoms with Crippen molar-refractivity contribution >= 4 is 39.1 Å². The molecule has 0 aromatic heterocycles. The van der Waals surface area contributed by atoms with Crippen molar-refractivity contribution < 1.29 is 9.59 Å². The van der Waals surface area contributed by atoms with Crippen molar-refractivity contribution in [2.75, 3.05) is 16.8 Å². The van der Waals surface area contributed by atoms with Crippen LogP contribution in [0.4, 0.5) is 11.4 Å². The first-order valence-electron chi connectivity index (χ1n) is 8.09. The van der Waals surface area contributed by atoms with E-state index in [-0.39, 0.29) is 17.7 Å². The average molecular weight is 385 g/mol. The van der Waals surface area contributed by atoms with Crippen molar-refractivity contribution in [1.82, 2.24) is 0 Å². The maximum absolute atomic E-state index is 12.4. The topological polar surface area (TPSA) is 49.4 Å². The standard InChI is InChI=1S/C19H17BrN2O2/c1-11-16-10-15(21-18(23)12-4-6-14(20)7-5-12)9-13-3-2-8-22(17(13)16)19(11)24/h4-7,9-11H,2-3,8H2,1H3,(H,21,23)/t11-/m0/s1. The van der Waals surface area contributed by atoms with Gasteiger partial charge in [-0.3, -0.25) is 9.59 Å². The highest BCUT2D eigenvalue weighted by Gasteiger charge is 2.37. The molecule has 2 aromatic rings. The summed E-state index contributed by atoms with van der Waals surface area (Å²) in [7, 11) is 0. The van der Waals surface area contributed by atoms with E-state index in [0.29, 0.717) is 5.56 Å². The number of nitrogens with zero attached hydrogens (tertiary/aromatic N) is 1. The minimum Gasteiger partial charge on any atom is -0.322 e. The average Bonchev–Trinajstić information content (AvgIpc) is 2.82. The van der Waals surface area contributed by atoms with Crippen LogP contribution in [0.5, 0.6) is 0 Å². The summed E-state index contributed by atoms with van der Waals surface area (Å²) < 4.78 is 0.938. The number of amides is 2. The molecule has 0 saturated carbocycles. The Hall–Kier alpha value is -2.14. The molecule has 5 heteroatoms. The van der Waals surface area contributed by atoms with Gasteiger partial charge in [-0.05, 0) is 67.3 Å². The van der Waals surface area contributed by atoms with Gasteiger partial charge < -0.3 is 10.2 Å². The number of aryl methyl sites for hydroxylation is 1. The number of benzene rings is 2. The van der Waals surface area contributed by atoms with Gasteiger partial charge in [0.05, 0.1) is 11.6 Å². The molecule has 0 unspecified atom stereocenters. The zero-order valence-corrected chi connectivity index (χ0v) is 14.9. The maximum Gasteiger partial charge on any atom is 0.255 e. The molecule has 2 aliphatic rings. The van der Waals surface area contributed by atoms with Gasteiger partial charge in [-0.15, -0.1) is 0 Å². The van der Waals surface area contributed by atoms with Gasteiger partial charge in [0.2, 0.25) is 5.91 Å². The third-order valence-corrected chi connectivity index (χ3v) is 5.31. The van der Waals surface area contributed by atoms with E-state index in [1.165, 1.54) is 0 Å². The molecule has 122 valence electrons. The first-order valence-corrected chi connectivity index (χ1v) is 8.89. The Morgan fingerprint density at radius 2 is 2.00 bits per heavy atom. The summed E-state index contributed by atoms with van der Waals surface area (Å²) in [6.45, 7) is 2.74. The van der Waals surface area contributed by atoms with Crippen LogP contribution in [0.2, 0.25) is 0 Å². The Labute approximate surface area is 149 Å². The largest absolute Gasteiger partial charge is 0.322 e. The summed E-state index contributed by atoms with van der Waals surface area (Å²) in [4.78, 5) is 26.7. The Morgan fingerprint density at radius 1 is 1.25 bits per heavy atom. The smallest absolute Gasteiger partial charge is 0.255 e. The molecule has 4 rings (SSSR count). The predicted molar refractivity (Wildman–Crippen MR) is 97.6 cm³/mol. The Morgan fingerprint density at radius 3 is 2.75 bits per heavy atom. The van der Waals surface area contributed by atoms with E-state index in [2.05, 4.69) is 21.2 Å². The lowest BCUT2D eigenvalue weighted by Gasteiger charge is -2.26. The van der Waals surface area contributed by atoms with Gasteiger partial charge in [0.15, 0.2) is 0 Å². The van der Waals surface area contributed by atoms with Crippen LogP contribution in [0.25, 0.3) is 0 Å². The van der Waals surface area contributed by atoms with E-state index in [1.807, 2.05) is 36.1 Å². The van der Waals surface area contributed by atoms with Gasteiger partial charge in [0.1, 0.15) is 0 Å². The van der Waals surface area contributed by atoms with Crippen molar-refractivity contribution in [3.8, 4) is 0 Å². The second-order valence-corrected chi connectivity index (χ2v) is 7.27. The van der Waals surface area contributed by atoms with Crippen molar-refractivity contribution in [3.63, 3.8) is 0 Å².